The molecule has 3 aromatic heterocycles. The molecule has 0 fully saturated rings. The van der Waals surface area contributed by atoms with Crippen LogP contribution in [0.25, 0.3) is 11.7 Å². The van der Waals surface area contributed by atoms with Gasteiger partial charge in [-0.15, -0.1) is 10.2 Å². The molecule has 0 aliphatic carbocycles. The largest absolute Gasteiger partial charge is 0.459 e. The molecule has 3 rings (SSSR count). The monoisotopic (exact) mass is 292 g/mol. The molecular formula is C12H12N4O3S. The van der Waals surface area contributed by atoms with Crippen molar-refractivity contribution in [2.24, 2.45) is 7.05 Å². The zero-order valence-corrected chi connectivity index (χ0v) is 11.5. The van der Waals surface area contributed by atoms with Crippen LogP contribution >= 0.6 is 11.8 Å². The Morgan fingerprint density at radius 1 is 1.40 bits per heavy atom. The van der Waals surface area contributed by atoms with Crippen LogP contribution in [0, 0.1) is 0 Å². The molecule has 3 heterocycles. The van der Waals surface area contributed by atoms with Gasteiger partial charge in [-0.3, -0.25) is 0 Å². The summed E-state index contributed by atoms with van der Waals surface area (Å²) in [5.41, 5.74) is 0.759. The van der Waals surface area contributed by atoms with Crippen LogP contribution in [0.3, 0.4) is 0 Å². The molecule has 104 valence electrons. The van der Waals surface area contributed by atoms with Gasteiger partial charge in [0.25, 0.3) is 5.89 Å². The zero-order chi connectivity index (χ0) is 13.9. The van der Waals surface area contributed by atoms with Crippen molar-refractivity contribution < 1.29 is 13.9 Å². The predicted octanol–water partition coefficient (Wildman–Crippen LogP) is 1.85. The summed E-state index contributed by atoms with van der Waals surface area (Å²) in [6.45, 7) is -0.0345. The summed E-state index contributed by atoms with van der Waals surface area (Å²) in [7, 11) is 1.85. The van der Waals surface area contributed by atoms with Crippen molar-refractivity contribution in [1.82, 2.24) is 19.7 Å². The van der Waals surface area contributed by atoms with E-state index in [1.165, 1.54) is 11.8 Å². The number of nitrogens with zero attached hydrogens (tertiary/aromatic N) is 4. The highest BCUT2D eigenvalue weighted by Gasteiger charge is 2.12. The minimum absolute atomic E-state index is 0.0345. The minimum atomic E-state index is -0.0345. The maximum Gasteiger partial charge on any atom is 0.283 e. The first kappa shape index (κ1) is 12.9. The molecule has 0 amide bonds. The van der Waals surface area contributed by atoms with Gasteiger partial charge in [-0.25, -0.2) is 4.98 Å². The van der Waals surface area contributed by atoms with Gasteiger partial charge in [-0.1, -0.05) is 11.8 Å². The Labute approximate surface area is 118 Å². The van der Waals surface area contributed by atoms with Crippen molar-refractivity contribution in [3.63, 3.8) is 0 Å². The Hall–Kier alpha value is -2.06. The Balaban J connectivity index is 1.68. The normalized spacial score (nSPS) is 11.1. The second-order valence-electron chi connectivity index (χ2n) is 4.02. The van der Waals surface area contributed by atoms with Crippen LogP contribution in [0.5, 0.6) is 0 Å². The van der Waals surface area contributed by atoms with Gasteiger partial charge in [-0.2, -0.15) is 0 Å². The second kappa shape index (κ2) is 5.51. The van der Waals surface area contributed by atoms with Gasteiger partial charge in [0, 0.05) is 7.05 Å². The van der Waals surface area contributed by atoms with Crippen LogP contribution in [0.1, 0.15) is 11.6 Å². The van der Waals surface area contributed by atoms with Crippen LogP contribution in [0.15, 0.2) is 38.6 Å². The van der Waals surface area contributed by atoms with E-state index < -0.39 is 0 Å². The molecule has 0 aliphatic heterocycles. The summed E-state index contributed by atoms with van der Waals surface area (Å²) in [6, 6.07) is 3.52. The fourth-order valence-corrected chi connectivity index (χ4v) is 2.45. The Bertz CT molecular complexity index is 689. The third-order valence-electron chi connectivity index (χ3n) is 2.73. The number of imidazole rings is 1. The highest BCUT2D eigenvalue weighted by Crippen LogP contribution is 2.24. The van der Waals surface area contributed by atoms with E-state index >= 15 is 0 Å². The van der Waals surface area contributed by atoms with Crippen molar-refractivity contribution >= 4 is 11.8 Å². The maximum atomic E-state index is 9.10. The van der Waals surface area contributed by atoms with Crippen molar-refractivity contribution in [3.8, 4) is 11.7 Å². The van der Waals surface area contributed by atoms with E-state index in [0.717, 1.165) is 10.9 Å². The van der Waals surface area contributed by atoms with Crippen LogP contribution in [0.2, 0.25) is 0 Å². The number of rotatable bonds is 5. The molecule has 0 saturated heterocycles. The molecule has 3 aromatic rings. The molecule has 0 saturated carbocycles. The summed E-state index contributed by atoms with van der Waals surface area (Å²) in [6.07, 6.45) is 3.20. The fraction of sp³-hybridized carbons (Fsp3) is 0.250. The number of thioether (sulfide) groups is 1. The number of hydrogen-bond acceptors (Lipinski definition) is 7. The molecule has 0 aromatic carbocycles. The third kappa shape index (κ3) is 2.47. The van der Waals surface area contributed by atoms with Crippen LogP contribution in [-0.2, 0) is 19.4 Å². The molecule has 7 nitrogen and oxygen atoms in total. The van der Waals surface area contributed by atoms with Gasteiger partial charge in [-0.05, 0) is 12.1 Å². The van der Waals surface area contributed by atoms with Gasteiger partial charge < -0.3 is 18.5 Å². The number of hydrogen-bond donors (Lipinski definition) is 1. The average Bonchev–Trinajstić information content (AvgIpc) is 3.17. The van der Waals surface area contributed by atoms with E-state index in [1.807, 2.05) is 11.6 Å². The summed E-state index contributed by atoms with van der Waals surface area (Å²) in [5, 5.41) is 17.8. The van der Waals surface area contributed by atoms with Gasteiger partial charge in [0.2, 0.25) is 5.89 Å². The maximum absolute atomic E-state index is 9.10. The first-order valence-electron chi connectivity index (χ1n) is 5.88. The molecule has 0 bridgehead atoms. The average molecular weight is 292 g/mol. The number of aromatic nitrogens is 4. The Morgan fingerprint density at radius 2 is 2.30 bits per heavy atom. The highest BCUT2D eigenvalue weighted by molar-refractivity contribution is 7.98. The van der Waals surface area contributed by atoms with Gasteiger partial charge in [0.05, 0.1) is 30.5 Å². The van der Waals surface area contributed by atoms with Crippen LogP contribution in [-0.4, -0.2) is 24.9 Å². The molecule has 0 spiro atoms. The summed E-state index contributed by atoms with van der Waals surface area (Å²) in [4.78, 5) is 4.22. The van der Waals surface area contributed by atoms with Crippen molar-refractivity contribution in [1.29, 1.82) is 0 Å². The fourth-order valence-electron chi connectivity index (χ4n) is 1.64. The second-order valence-corrected chi connectivity index (χ2v) is 4.96. The first-order chi connectivity index (χ1) is 9.78. The molecule has 1 N–H and O–H groups in total. The van der Waals surface area contributed by atoms with Gasteiger partial charge in [0.1, 0.15) is 0 Å². The smallest absolute Gasteiger partial charge is 0.283 e. The quantitative estimate of drug-likeness (QED) is 0.717. The standard InChI is InChI=1S/C12H12N4O3S/c1-16-8(6-17)5-13-12(16)20-7-10-14-15-11(19-10)9-3-2-4-18-9/h2-5,17H,6-7H2,1H3. The van der Waals surface area contributed by atoms with E-state index in [-0.39, 0.29) is 6.61 Å². The zero-order valence-electron chi connectivity index (χ0n) is 10.7. The summed E-state index contributed by atoms with van der Waals surface area (Å²) >= 11 is 1.46. The topological polar surface area (TPSA) is 90.1 Å². The van der Waals surface area contributed by atoms with Crippen molar-refractivity contribution in [3.05, 3.63) is 36.2 Å². The molecule has 0 radical (unpaired) electrons. The third-order valence-corrected chi connectivity index (χ3v) is 3.76. The predicted molar refractivity (Wildman–Crippen MR) is 70.7 cm³/mol. The van der Waals surface area contributed by atoms with Gasteiger partial charge in [0.15, 0.2) is 10.9 Å². The number of aliphatic hydroxyl groups excluding tert-OH is 1. The number of aliphatic hydroxyl groups is 1. The molecule has 8 heteroatoms. The summed E-state index contributed by atoms with van der Waals surface area (Å²) in [5.74, 6) is 1.91. The molecule has 0 aliphatic rings. The SMILES string of the molecule is Cn1c(CO)cnc1SCc1nnc(-c2ccco2)o1. The molecular weight excluding hydrogens is 280 g/mol. The van der Waals surface area contributed by atoms with E-state index in [0.29, 0.717) is 23.3 Å². The number of furan rings is 1. The van der Waals surface area contributed by atoms with Crippen LogP contribution in [0.4, 0.5) is 0 Å². The lowest BCUT2D eigenvalue weighted by atomic mass is 10.5. The lowest BCUT2D eigenvalue weighted by molar-refractivity contribution is 0.271. The highest BCUT2D eigenvalue weighted by atomic mass is 32.2. The Morgan fingerprint density at radius 3 is 3.00 bits per heavy atom. The molecule has 0 unspecified atom stereocenters. The molecule has 0 atom stereocenters. The molecule has 20 heavy (non-hydrogen) atoms. The van der Waals surface area contributed by atoms with E-state index in [9.17, 15) is 0 Å². The van der Waals surface area contributed by atoms with Crippen LogP contribution < -0.4 is 0 Å². The lowest BCUT2D eigenvalue weighted by Gasteiger charge is -2.01. The first-order valence-corrected chi connectivity index (χ1v) is 6.87. The van der Waals surface area contributed by atoms with E-state index in [4.69, 9.17) is 13.9 Å². The summed E-state index contributed by atoms with van der Waals surface area (Å²) < 4.78 is 12.5. The van der Waals surface area contributed by atoms with E-state index in [1.54, 1.807) is 24.6 Å². The van der Waals surface area contributed by atoms with Crippen molar-refractivity contribution in [2.75, 3.05) is 0 Å². The van der Waals surface area contributed by atoms with Gasteiger partial charge >= 0.3 is 0 Å². The lowest BCUT2D eigenvalue weighted by Crippen LogP contribution is -1.97. The van der Waals surface area contributed by atoms with E-state index in [2.05, 4.69) is 15.2 Å². The minimum Gasteiger partial charge on any atom is -0.459 e. The Kier molecular flexibility index (Phi) is 3.57. The van der Waals surface area contributed by atoms with Crippen molar-refractivity contribution in [2.45, 2.75) is 17.5 Å².